The Labute approximate surface area is 117 Å². The Morgan fingerprint density at radius 2 is 1.00 bits per heavy atom. The standard InChI is InChI=1S/2C7H16N.Zn/c2*1-4-7-8(5-2)6-3;/h2*1,4-7H2,2-3H3;. The molecule has 100 valence electrons. The van der Waals surface area contributed by atoms with Crippen molar-refractivity contribution in [2.24, 2.45) is 0 Å². The van der Waals surface area contributed by atoms with E-state index >= 15 is 0 Å². The Balaban J connectivity index is 3.23. The van der Waals surface area contributed by atoms with Crippen molar-refractivity contribution in [3.8, 4) is 0 Å². The fraction of sp³-hybridized carbons (Fsp3) is 1.00. The van der Waals surface area contributed by atoms with Crippen LogP contribution in [0.2, 0.25) is 10.0 Å². The van der Waals surface area contributed by atoms with Crippen molar-refractivity contribution in [2.45, 2.75) is 50.6 Å². The predicted octanol–water partition coefficient (Wildman–Crippen LogP) is 3.37. The van der Waals surface area contributed by atoms with Crippen LogP contribution in [0, 0.1) is 0 Å². The second-order valence-electron chi connectivity index (χ2n) is 4.82. The van der Waals surface area contributed by atoms with E-state index in [2.05, 4.69) is 37.5 Å². The summed E-state index contributed by atoms with van der Waals surface area (Å²) in [5.74, 6) is 0. The SMILES string of the molecule is CCN(CC)CC[CH2][Zn][CH2]CCN(CC)CC. The summed E-state index contributed by atoms with van der Waals surface area (Å²) in [6, 6.07) is 0. The molecule has 0 N–H and O–H groups in total. The fourth-order valence-corrected chi connectivity index (χ4v) is 5.44. The molecular weight excluding hydrogens is 262 g/mol. The van der Waals surface area contributed by atoms with Crippen LogP contribution in [0.15, 0.2) is 0 Å². The number of hydrogen-bond donors (Lipinski definition) is 0. The van der Waals surface area contributed by atoms with E-state index in [4.69, 9.17) is 0 Å². The number of nitrogens with zero attached hydrogens (tertiary/aromatic N) is 2. The molecule has 0 amide bonds. The predicted molar refractivity (Wildman–Crippen MR) is 74.4 cm³/mol. The zero-order chi connectivity index (χ0) is 12.9. The van der Waals surface area contributed by atoms with Gasteiger partial charge in [-0.05, 0) is 0 Å². The molecule has 0 aromatic carbocycles. The van der Waals surface area contributed by atoms with Gasteiger partial charge in [-0.2, -0.15) is 0 Å². The number of hydrogen-bond acceptors (Lipinski definition) is 2. The van der Waals surface area contributed by atoms with Crippen molar-refractivity contribution in [3.05, 3.63) is 0 Å². The monoisotopic (exact) mass is 292 g/mol. The molecule has 0 fully saturated rings. The Morgan fingerprint density at radius 1 is 0.647 bits per heavy atom. The molecular formula is C14H32N2Zn. The third-order valence-corrected chi connectivity index (χ3v) is 7.93. The van der Waals surface area contributed by atoms with Gasteiger partial charge in [-0.1, -0.05) is 0 Å². The molecule has 0 aliphatic rings. The molecule has 0 aliphatic heterocycles. The van der Waals surface area contributed by atoms with Gasteiger partial charge < -0.3 is 0 Å². The van der Waals surface area contributed by atoms with E-state index in [0.717, 1.165) is 0 Å². The summed E-state index contributed by atoms with van der Waals surface area (Å²) in [5.41, 5.74) is 0. The fourth-order valence-electron chi connectivity index (χ4n) is 2.28. The molecule has 0 bridgehead atoms. The molecule has 0 aliphatic carbocycles. The van der Waals surface area contributed by atoms with E-state index in [1.165, 1.54) is 52.1 Å². The molecule has 0 aromatic heterocycles. The van der Waals surface area contributed by atoms with Crippen LogP contribution in [0.5, 0.6) is 0 Å². The third kappa shape index (κ3) is 10.2. The molecule has 2 nitrogen and oxygen atoms in total. The summed E-state index contributed by atoms with van der Waals surface area (Å²) in [5, 5.41) is 3.20. The molecule has 0 spiro atoms. The molecule has 0 saturated carbocycles. The van der Waals surface area contributed by atoms with Gasteiger partial charge in [0, 0.05) is 0 Å². The Hall–Kier alpha value is 0.543. The quantitative estimate of drug-likeness (QED) is 0.402. The zero-order valence-corrected chi connectivity index (χ0v) is 15.6. The van der Waals surface area contributed by atoms with Crippen LogP contribution < -0.4 is 0 Å². The molecule has 3 heteroatoms. The molecule has 0 saturated heterocycles. The van der Waals surface area contributed by atoms with Gasteiger partial charge in [0.1, 0.15) is 0 Å². The minimum absolute atomic E-state index is 0.171. The van der Waals surface area contributed by atoms with Gasteiger partial charge in [-0.15, -0.1) is 0 Å². The van der Waals surface area contributed by atoms with Crippen LogP contribution in [-0.2, 0) is 17.1 Å². The first-order valence-electron chi connectivity index (χ1n) is 7.73. The Morgan fingerprint density at radius 3 is 1.29 bits per heavy atom. The summed E-state index contributed by atoms with van der Waals surface area (Å²) in [7, 11) is 0. The van der Waals surface area contributed by atoms with Crippen molar-refractivity contribution < 1.29 is 17.1 Å². The second kappa shape index (κ2) is 13.0. The van der Waals surface area contributed by atoms with Gasteiger partial charge >= 0.3 is 117 Å². The summed E-state index contributed by atoms with van der Waals surface area (Å²) in [6.07, 6.45) is 2.93. The molecule has 0 rings (SSSR count). The third-order valence-electron chi connectivity index (χ3n) is 3.74. The summed E-state index contributed by atoms with van der Waals surface area (Å²) < 4.78 is 0. The minimum atomic E-state index is -0.171. The van der Waals surface area contributed by atoms with Crippen LogP contribution in [0.3, 0.4) is 0 Å². The Kier molecular flexibility index (Phi) is 13.4. The van der Waals surface area contributed by atoms with E-state index in [9.17, 15) is 0 Å². The topological polar surface area (TPSA) is 6.48 Å². The molecule has 0 aromatic rings. The van der Waals surface area contributed by atoms with Crippen LogP contribution in [0.1, 0.15) is 40.5 Å². The van der Waals surface area contributed by atoms with E-state index in [1.807, 2.05) is 0 Å². The van der Waals surface area contributed by atoms with Gasteiger partial charge in [-0.25, -0.2) is 0 Å². The van der Waals surface area contributed by atoms with Crippen molar-refractivity contribution >= 4 is 0 Å². The molecule has 17 heavy (non-hydrogen) atoms. The number of rotatable bonds is 12. The van der Waals surface area contributed by atoms with Crippen molar-refractivity contribution in [1.29, 1.82) is 0 Å². The average molecular weight is 294 g/mol. The summed E-state index contributed by atoms with van der Waals surface area (Å²) in [6.45, 7) is 16.7. The Bertz CT molecular complexity index is 129. The van der Waals surface area contributed by atoms with E-state index < -0.39 is 0 Å². The normalized spacial score (nSPS) is 11.2. The first kappa shape index (κ1) is 17.5. The first-order chi connectivity index (χ1) is 8.28. The van der Waals surface area contributed by atoms with Crippen molar-refractivity contribution in [1.82, 2.24) is 9.80 Å². The first-order valence-corrected chi connectivity index (χ1v) is 11.9. The molecule has 0 heterocycles. The van der Waals surface area contributed by atoms with Crippen molar-refractivity contribution in [3.63, 3.8) is 0 Å². The van der Waals surface area contributed by atoms with E-state index in [0.29, 0.717) is 0 Å². The van der Waals surface area contributed by atoms with Crippen molar-refractivity contribution in [2.75, 3.05) is 39.3 Å². The van der Waals surface area contributed by atoms with Crippen LogP contribution in [0.25, 0.3) is 0 Å². The van der Waals surface area contributed by atoms with Crippen LogP contribution >= 0.6 is 0 Å². The van der Waals surface area contributed by atoms with Crippen LogP contribution in [0.4, 0.5) is 0 Å². The van der Waals surface area contributed by atoms with Gasteiger partial charge in [0.25, 0.3) is 0 Å². The molecule has 0 radical (unpaired) electrons. The van der Waals surface area contributed by atoms with Gasteiger partial charge in [0.2, 0.25) is 0 Å². The summed E-state index contributed by atoms with van der Waals surface area (Å²) in [4.78, 5) is 5.11. The maximum absolute atomic E-state index is 2.55. The van der Waals surface area contributed by atoms with Gasteiger partial charge in [-0.3, -0.25) is 0 Å². The average Bonchev–Trinajstić information content (AvgIpc) is 2.37. The summed E-state index contributed by atoms with van der Waals surface area (Å²) >= 11 is -0.171. The molecule has 0 atom stereocenters. The van der Waals surface area contributed by atoms with E-state index in [-0.39, 0.29) is 17.1 Å². The van der Waals surface area contributed by atoms with Gasteiger partial charge in [0.15, 0.2) is 0 Å². The molecule has 0 unspecified atom stereocenters. The zero-order valence-electron chi connectivity index (χ0n) is 12.7. The van der Waals surface area contributed by atoms with Crippen LogP contribution in [-0.4, -0.2) is 49.1 Å². The van der Waals surface area contributed by atoms with Gasteiger partial charge in [0.05, 0.1) is 0 Å². The second-order valence-corrected chi connectivity index (χ2v) is 9.27. The maximum atomic E-state index is 2.55. The van der Waals surface area contributed by atoms with E-state index in [1.54, 1.807) is 10.0 Å².